The second-order valence-electron chi connectivity index (χ2n) is 4.07. The van der Waals surface area contributed by atoms with Gasteiger partial charge in [-0.15, -0.1) is 11.3 Å². The molecule has 90 valence electrons. The summed E-state index contributed by atoms with van der Waals surface area (Å²) < 4.78 is 0. The van der Waals surface area contributed by atoms with E-state index in [4.69, 9.17) is 17.3 Å². The van der Waals surface area contributed by atoms with Crippen LogP contribution in [0, 0.1) is 13.8 Å². The molecule has 0 aliphatic carbocycles. The topological polar surface area (TPSA) is 38.9 Å². The van der Waals surface area contributed by atoms with Crippen LogP contribution in [-0.4, -0.2) is 4.98 Å². The molecule has 2 nitrogen and oxygen atoms in total. The minimum atomic E-state index is 0.514. The third-order valence-corrected chi connectivity index (χ3v) is 4.19. The quantitative estimate of drug-likeness (QED) is 0.924. The van der Waals surface area contributed by atoms with Crippen LogP contribution in [0.4, 0.5) is 0 Å². The number of rotatable bonds is 3. The summed E-state index contributed by atoms with van der Waals surface area (Å²) in [5, 5.41) is 1.78. The third-order valence-electron chi connectivity index (χ3n) is 2.77. The molecule has 0 fully saturated rings. The molecule has 1 heterocycles. The summed E-state index contributed by atoms with van der Waals surface area (Å²) >= 11 is 7.71. The molecule has 0 amide bonds. The molecule has 0 unspecified atom stereocenters. The van der Waals surface area contributed by atoms with Crippen molar-refractivity contribution in [1.82, 2.24) is 4.98 Å². The molecule has 4 heteroatoms. The van der Waals surface area contributed by atoms with Crippen molar-refractivity contribution >= 4 is 22.9 Å². The monoisotopic (exact) mass is 266 g/mol. The van der Waals surface area contributed by atoms with Gasteiger partial charge in [-0.25, -0.2) is 4.98 Å². The van der Waals surface area contributed by atoms with Gasteiger partial charge in [-0.3, -0.25) is 0 Å². The van der Waals surface area contributed by atoms with Crippen LogP contribution in [0.2, 0.25) is 5.02 Å². The van der Waals surface area contributed by atoms with Gasteiger partial charge in [0, 0.05) is 22.9 Å². The number of nitrogens with two attached hydrogens (primary N) is 1. The number of thiazole rings is 1. The Morgan fingerprint density at radius 3 is 2.76 bits per heavy atom. The highest BCUT2D eigenvalue weighted by molar-refractivity contribution is 7.11. The molecule has 17 heavy (non-hydrogen) atoms. The van der Waals surface area contributed by atoms with Crippen molar-refractivity contribution in [3.05, 3.63) is 49.9 Å². The zero-order chi connectivity index (χ0) is 12.4. The summed E-state index contributed by atoms with van der Waals surface area (Å²) in [7, 11) is 0. The van der Waals surface area contributed by atoms with Gasteiger partial charge in [-0.2, -0.15) is 0 Å². The largest absolute Gasteiger partial charge is 0.325 e. The van der Waals surface area contributed by atoms with Crippen LogP contribution in [0.25, 0.3) is 0 Å². The lowest BCUT2D eigenvalue weighted by molar-refractivity contribution is 1.01. The Balaban J connectivity index is 2.30. The van der Waals surface area contributed by atoms with E-state index < -0.39 is 0 Å². The number of benzene rings is 1. The molecule has 0 radical (unpaired) electrons. The first-order valence-corrected chi connectivity index (χ1v) is 6.70. The Labute approximate surface area is 110 Å². The first-order chi connectivity index (χ1) is 8.10. The minimum absolute atomic E-state index is 0.514. The van der Waals surface area contributed by atoms with Gasteiger partial charge in [0.15, 0.2) is 0 Å². The average Bonchev–Trinajstić information content (AvgIpc) is 2.65. The maximum Gasteiger partial charge on any atom is 0.107 e. The standard InChI is InChI=1S/C13H15ClN2S/c1-8-3-4-11(14)5-10(8)6-12-9(2)16-13(7-15)17-12/h3-5H,6-7,15H2,1-2H3. The highest BCUT2D eigenvalue weighted by atomic mass is 35.5. The van der Waals surface area contributed by atoms with E-state index in [0.29, 0.717) is 6.54 Å². The maximum atomic E-state index is 6.02. The summed E-state index contributed by atoms with van der Waals surface area (Å²) in [4.78, 5) is 5.71. The van der Waals surface area contributed by atoms with E-state index >= 15 is 0 Å². The molecule has 0 saturated carbocycles. The van der Waals surface area contributed by atoms with Crippen LogP contribution in [-0.2, 0) is 13.0 Å². The van der Waals surface area contributed by atoms with Crippen LogP contribution in [0.5, 0.6) is 0 Å². The first kappa shape index (κ1) is 12.6. The molecular weight excluding hydrogens is 252 g/mol. The third kappa shape index (κ3) is 2.86. The molecule has 0 bridgehead atoms. The van der Waals surface area contributed by atoms with Gasteiger partial charge < -0.3 is 5.73 Å². The summed E-state index contributed by atoms with van der Waals surface area (Å²) in [6.07, 6.45) is 0.885. The molecule has 1 aromatic heterocycles. The molecule has 0 saturated heterocycles. The molecule has 2 N–H and O–H groups in total. The van der Waals surface area contributed by atoms with Crippen LogP contribution >= 0.6 is 22.9 Å². The predicted octanol–water partition coefficient (Wildman–Crippen LogP) is 3.46. The van der Waals surface area contributed by atoms with Crippen LogP contribution in [0.3, 0.4) is 0 Å². The Bertz CT molecular complexity index is 534. The van der Waals surface area contributed by atoms with E-state index in [-0.39, 0.29) is 0 Å². The SMILES string of the molecule is Cc1ccc(Cl)cc1Cc1sc(CN)nc1C. The van der Waals surface area contributed by atoms with Crippen LogP contribution < -0.4 is 5.73 Å². The summed E-state index contributed by atoms with van der Waals surface area (Å²) in [5.74, 6) is 0. The Morgan fingerprint density at radius 2 is 2.12 bits per heavy atom. The molecule has 0 aliphatic rings. The molecule has 2 aromatic rings. The zero-order valence-electron chi connectivity index (χ0n) is 9.96. The lowest BCUT2D eigenvalue weighted by Crippen LogP contribution is -1.94. The van der Waals surface area contributed by atoms with E-state index in [9.17, 15) is 0 Å². The first-order valence-electron chi connectivity index (χ1n) is 5.50. The van der Waals surface area contributed by atoms with Gasteiger partial charge in [0.2, 0.25) is 0 Å². The number of aromatic nitrogens is 1. The van der Waals surface area contributed by atoms with E-state index in [0.717, 1.165) is 22.1 Å². The van der Waals surface area contributed by atoms with Crippen molar-refractivity contribution in [2.45, 2.75) is 26.8 Å². The van der Waals surface area contributed by atoms with Crippen LogP contribution in [0.15, 0.2) is 18.2 Å². The molecule has 2 rings (SSSR count). The van der Waals surface area contributed by atoms with Crippen molar-refractivity contribution in [1.29, 1.82) is 0 Å². The number of hydrogen-bond acceptors (Lipinski definition) is 3. The van der Waals surface area contributed by atoms with Crippen molar-refractivity contribution in [3.8, 4) is 0 Å². The van der Waals surface area contributed by atoms with Gasteiger partial charge in [0.05, 0.1) is 5.69 Å². The van der Waals surface area contributed by atoms with Gasteiger partial charge in [-0.05, 0) is 37.1 Å². The van der Waals surface area contributed by atoms with Gasteiger partial charge >= 0.3 is 0 Å². The normalized spacial score (nSPS) is 10.8. The number of aryl methyl sites for hydroxylation is 2. The average molecular weight is 267 g/mol. The Kier molecular flexibility index (Phi) is 3.82. The fourth-order valence-electron chi connectivity index (χ4n) is 1.74. The maximum absolute atomic E-state index is 6.02. The Hall–Kier alpha value is -0.900. The molecular formula is C13H15ClN2S. The molecule has 0 spiro atoms. The van der Waals surface area contributed by atoms with Gasteiger partial charge in [0.1, 0.15) is 5.01 Å². The zero-order valence-corrected chi connectivity index (χ0v) is 11.5. The summed E-state index contributed by atoms with van der Waals surface area (Å²) in [5.41, 5.74) is 9.20. The highest BCUT2D eigenvalue weighted by Gasteiger charge is 2.09. The molecule has 1 aromatic carbocycles. The fraction of sp³-hybridized carbons (Fsp3) is 0.308. The molecule has 0 aliphatic heterocycles. The predicted molar refractivity (Wildman–Crippen MR) is 73.7 cm³/mol. The summed E-state index contributed by atoms with van der Waals surface area (Å²) in [6.45, 7) is 4.65. The van der Waals surface area contributed by atoms with Crippen molar-refractivity contribution in [2.24, 2.45) is 5.73 Å². The van der Waals surface area contributed by atoms with Crippen molar-refractivity contribution < 1.29 is 0 Å². The van der Waals surface area contributed by atoms with Crippen molar-refractivity contribution in [3.63, 3.8) is 0 Å². The highest BCUT2D eigenvalue weighted by Crippen LogP contribution is 2.24. The second kappa shape index (κ2) is 5.17. The van der Waals surface area contributed by atoms with Gasteiger partial charge in [0.25, 0.3) is 0 Å². The minimum Gasteiger partial charge on any atom is -0.325 e. The van der Waals surface area contributed by atoms with E-state index in [2.05, 4.69) is 18.0 Å². The van der Waals surface area contributed by atoms with Crippen LogP contribution in [0.1, 0.15) is 26.7 Å². The lowest BCUT2D eigenvalue weighted by Gasteiger charge is -2.05. The molecule has 0 atom stereocenters. The number of halogens is 1. The number of nitrogens with zero attached hydrogens (tertiary/aromatic N) is 1. The smallest absolute Gasteiger partial charge is 0.107 e. The Morgan fingerprint density at radius 1 is 1.35 bits per heavy atom. The second-order valence-corrected chi connectivity index (χ2v) is 5.67. The number of hydrogen-bond donors (Lipinski definition) is 1. The lowest BCUT2D eigenvalue weighted by atomic mass is 10.0. The van der Waals surface area contributed by atoms with Crippen molar-refractivity contribution in [2.75, 3.05) is 0 Å². The fourth-order valence-corrected chi connectivity index (χ4v) is 2.91. The summed E-state index contributed by atoms with van der Waals surface area (Å²) in [6, 6.07) is 6.00. The van der Waals surface area contributed by atoms with E-state index in [1.54, 1.807) is 11.3 Å². The van der Waals surface area contributed by atoms with E-state index in [1.165, 1.54) is 16.0 Å². The van der Waals surface area contributed by atoms with E-state index in [1.807, 2.05) is 19.1 Å². The van der Waals surface area contributed by atoms with Gasteiger partial charge in [-0.1, -0.05) is 17.7 Å².